The van der Waals surface area contributed by atoms with Crippen molar-refractivity contribution >= 4 is 5.97 Å². The number of esters is 1. The van der Waals surface area contributed by atoms with Crippen LogP contribution in [0.3, 0.4) is 0 Å². The van der Waals surface area contributed by atoms with Crippen molar-refractivity contribution in [3.8, 4) is 17.1 Å². The van der Waals surface area contributed by atoms with Crippen LogP contribution >= 0.6 is 0 Å². The van der Waals surface area contributed by atoms with Gasteiger partial charge >= 0.3 is 5.97 Å². The molecule has 0 bridgehead atoms. The Balaban J connectivity index is 1.43. The number of carbonyl (C=O) groups is 1. The minimum Gasteiger partial charge on any atom is -0.426 e. The maximum absolute atomic E-state index is 12.6. The van der Waals surface area contributed by atoms with E-state index in [4.69, 9.17) is 4.74 Å². The second-order valence-corrected chi connectivity index (χ2v) is 9.74. The Bertz CT molecular complexity index is 809. The zero-order chi connectivity index (χ0) is 23.3. The summed E-state index contributed by atoms with van der Waals surface area (Å²) in [5.41, 5.74) is 2.14. The van der Waals surface area contributed by atoms with Gasteiger partial charge in [0.2, 0.25) is 0 Å². The minimum absolute atomic E-state index is 0.0464. The number of benzene rings is 1. The third-order valence-electron chi connectivity index (χ3n) is 7.00. The van der Waals surface area contributed by atoms with E-state index in [2.05, 4.69) is 23.8 Å². The number of ether oxygens (including phenoxy) is 1. The van der Waals surface area contributed by atoms with Gasteiger partial charge in [0.15, 0.2) is 5.82 Å². The molecule has 33 heavy (non-hydrogen) atoms. The lowest BCUT2D eigenvalue weighted by molar-refractivity contribution is -0.140. The number of aromatic nitrogens is 2. The van der Waals surface area contributed by atoms with E-state index in [9.17, 15) is 4.79 Å². The standard InChI is InChI=1S/C29H42N2O2/c1-3-5-7-8-9-10-12-24-21-30-28(31-22-24)25-17-19-27(20-18-25)33-29(32)26-15-13-23(14-16-26)11-6-4-2/h17-23,26H,3-16H2,1-2H3. The molecule has 0 aliphatic heterocycles. The van der Waals surface area contributed by atoms with Crippen LogP contribution in [0.1, 0.15) is 103 Å². The van der Waals surface area contributed by atoms with E-state index in [1.165, 1.54) is 63.4 Å². The van der Waals surface area contributed by atoms with Crippen LogP contribution < -0.4 is 4.74 Å². The van der Waals surface area contributed by atoms with Gasteiger partial charge in [-0.25, -0.2) is 9.97 Å². The van der Waals surface area contributed by atoms with Gasteiger partial charge in [0.25, 0.3) is 0 Å². The lowest BCUT2D eigenvalue weighted by Crippen LogP contribution is -2.25. The summed E-state index contributed by atoms with van der Waals surface area (Å²) >= 11 is 0. The molecular weight excluding hydrogens is 408 g/mol. The van der Waals surface area contributed by atoms with E-state index in [0.29, 0.717) is 11.6 Å². The zero-order valence-corrected chi connectivity index (χ0v) is 20.7. The van der Waals surface area contributed by atoms with Crippen molar-refractivity contribution in [1.82, 2.24) is 9.97 Å². The molecule has 1 aliphatic carbocycles. The largest absolute Gasteiger partial charge is 0.426 e. The van der Waals surface area contributed by atoms with Crippen LogP contribution in [-0.4, -0.2) is 15.9 Å². The van der Waals surface area contributed by atoms with Crippen molar-refractivity contribution in [3.05, 3.63) is 42.2 Å². The topological polar surface area (TPSA) is 52.1 Å². The monoisotopic (exact) mass is 450 g/mol. The summed E-state index contributed by atoms with van der Waals surface area (Å²) in [4.78, 5) is 21.7. The average Bonchev–Trinajstić information content (AvgIpc) is 2.86. The molecule has 4 heteroatoms. The smallest absolute Gasteiger partial charge is 0.314 e. The first-order valence-electron chi connectivity index (χ1n) is 13.3. The van der Waals surface area contributed by atoms with E-state index in [-0.39, 0.29) is 11.9 Å². The van der Waals surface area contributed by atoms with E-state index in [0.717, 1.165) is 43.6 Å². The molecule has 0 N–H and O–H groups in total. The summed E-state index contributed by atoms with van der Waals surface area (Å²) in [6.45, 7) is 4.49. The SMILES string of the molecule is CCCCCCCCc1cnc(-c2ccc(OC(=O)C3CCC(CCCC)CC3)cc2)nc1. The van der Waals surface area contributed by atoms with Gasteiger partial charge in [0, 0.05) is 18.0 Å². The summed E-state index contributed by atoms with van der Waals surface area (Å²) in [6, 6.07) is 7.58. The molecular formula is C29H42N2O2. The highest BCUT2D eigenvalue weighted by Gasteiger charge is 2.27. The van der Waals surface area contributed by atoms with E-state index < -0.39 is 0 Å². The molecule has 0 atom stereocenters. The number of aryl methyl sites for hydroxylation is 1. The van der Waals surface area contributed by atoms with Gasteiger partial charge in [-0.1, -0.05) is 65.2 Å². The fraction of sp³-hybridized carbons (Fsp3) is 0.621. The molecule has 0 spiro atoms. The first-order valence-corrected chi connectivity index (χ1v) is 13.3. The predicted octanol–water partition coefficient (Wildman–Crippen LogP) is 7.95. The first-order chi connectivity index (χ1) is 16.2. The van der Waals surface area contributed by atoms with Crippen LogP contribution in [0.2, 0.25) is 0 Å². The van der Waals surface area contributed by atoms with Crippen LogP contribution in [-0.2, 0) is 11.2 Å². The molecule has 0 saturated heterocycles. The molecule has 2 aromatic rings. The molecule has 1 heterocycles. The van der Waals surface area contributed by atoms with Crippen molar-refractivity contribution in [1.29, 1.82) is 0 Å². The predicted molar refractivity (Wildman–Crippen MR) is 135 cm³/mol. The van der Waals surface area contributed by atoms with Crippen molar-refractivity contribution in [2.75, 3.05) is 0 Å². The fourth-order valence-electron chi connectivity index (χ4n) is 4.79. The van der Waals surface area contributed by atoms with E-state index in [1.54, 1.807) is 0 Å². The summed E-state index contributed by atoms with van der Waals surface area (Å²) in [7, 11) is 0. The second kappa shape index (κ2) is 14.1. The lowest BCUT2D eigenvalue weighted by atomic mass is 9.80. The van der Waals surface area contributed by atoms with Gasteiger partial charge in [-0.2, -0.15) is 0 Å². The Morgan fingerprint density at radius 3 is 2.15 bits per heavy atom. The molecule has 1 aromatic heterocycles. The quantitative estimate of drug-likeness (QED) is 0.176. The number of rotatable bonds is 13. The van der Waals surface area contributed by atoms with Gasteiger partial charge in [-0.3, -0.25) is 4.79 Å². The highest BCUT2D eigenvalue weighted by atomic mass is 16.5. The van der Waals surface area contributed by atoms with Crippen molar-refractivity contribution < 1.29 is 9.53 Å². The van der Waals surface area contributed by atoms with Crippen LogP contribution in [0, 0.1) is 11.8 Å². The zero-order valence-electron chi connectivity index (χ0n) is 20.7. The number of carbonyl (C=O) groups excluding carboxylic acids is 1. The van der Waals surface area contributed by atoms with Crippen LogP contribution in [0.25, 0.3) is 11.4 Å². The number of nitrogens with zero attached hydrogens (tertiary/aromatic N) is 2. The summed E-state index contributed by atoms with van der Waals surface area (Å²) < 4.78 is 5.68. The maximum atomic E-state index is 12.6. The third-order valence-corrected chi connectivity index (χ3v) is 7.00. The van der Waals surface area contributed by atoms with Gasteiger partial charge in [0.05, 0.1) is 5.92 Å². The molecule has 0 amide bonds. The molecule has 3 rings (SSSR count). The summed E-state index contributed by atoms with van der Waals surface area (Å²) in [5, 5.41) is 0. The van der Waals surface area contributed by atoms with E-state index >= 15 is 0 Å². The number of hydrogen-bond donors (Lipinski definition) is 0. The number of unbranched alkanes of at least 4 members (excludes halogenated alkanes) is 6. The molecule has 4 nitrogen and oxygen atoms in total. The Labute approximate surface area is 200 Å². The van der Waals surface area contributed by atoms with Gasteiger partial charge in [-0.15, -0.1) is 0 Å². The fourth-order valence-corrected chi connectivity index (χ4v) is 4.79. The van der Waals surface area contributed by atoms with Crippen LogP contribution in [0.4, 0.5) is 0 Å². The maximum Gasteiger partial charge on any atom is 0.314 e. The van der Waals surface area contributed by atoms with Crippen molar-refractivity contribution in [2.45, 2.75) is 104 Å². The van der Waals surface area contributed by atoms with Crippen molar-refractivity contribution in [2.24, 2.45) is 11.8 Å². The Morgan fingerprint density at radius 1 is 0.848 bits per heavy atom. The van der Waals surface area contributed by atoms with Crippen LogP contribution in [0.15, 0.2) is 36.7 Å². The Morgan fingerprint density at radius 2 is 1.48 bits per heavy atom. The highest BCUT2D eigenvalue weighted by molar-refractivity contribution is 5.75. The molecule has 0 unspecified atom stereocenters. The number of hydrogen-bond acceptors (Lipinski definition) is 4. The van der Waals surface area contributed by atoms with Gasteiger partial charge in [-0.05, 0) is 74.3 Å². The minimum atomic E-state index is -0.0769. The highest BCUT2D eigenvalue weighted by Crippen LogP contribution is 2.33. The lowest BCUT2D eigenvalue weighted by Gasteiger charge is -2.27. The molecule has 1 fully saturated rings. The van der Waals surface area contributed by atoms with Gasteiger partial charge in [0.1, 0.15) is 5.75 Å². The summed E-state index contributed by atoms with van der Waals surface area (Å²) in [6.07, 6.45) is 20.8. The third kappa shape index (κ3) is 8.57. The summed E-state index contributed by atoms with van der Waals surface area (Å²) in [5.74, 6) is 2.09. The van der Waals surface area contributed by atoms with Crippen LogP contribution in [0.5, 0.6) is 5.75 Å². The second-order valence-electron chi connectivity index (χ2n) is 9.74. The Hall–Kier alpha value is -2.23. The van der Waals surface area contributed by atoms with Crippen molar-refractivity contribution in [3.63, 3.8) is 0 Å². The molecule has 0 radical (unpaired) electrons. The molecule has 180 valence electrons. The molecule has 1 aromatic carbocycles. The van der Waals surface area contributed by atoms with Gasteiger partial charge < -0.3 is 4.74 Å². The normalized spacial score (nSPS) is 18.2. The first kappa shape index (κ1) is 25.4. The Kier molecular flexibility index (Phi) is 10.9. The average molecular weight is 451 g/mol. The molecule has 1 aliphatic rings. The van der Waals surface area contributed by atoms with E-state index in [1.807, 2.05) is 36.7 Å². The molecule has 1 saturated carbocycles.